The summed E-state index contributed by atoms with van der Waals surface area (Å²) in [4.78, 5) is 12.1. The molecule has 102 valence electrons. The maximum Gasteiger partial charge on any atom is 0.255 e. The molecule has 0 aliphatic carbocycles. The molecule has 0 aromatic heterocycles. The van der Waals surface area contributed by atoms with Crippen molar-refractivity contribution in [3.05, 3.63) is 23.8 Å². The van der Waals surface area contributed by atoms with Gasteiger partial charge in [0.25, 0.3) is 5.91 Å². The number of amides is 1. The van der Waals surface area contributed by atoms with Crippen LogP contribution in [0.25, 0.3) is 0 Å². The summed E-state index contributed by atoms with van der Waals surface area (Å²) >= 11 is 0. The summed E-state index contributed by atoms with van der Waals surface area (Å²) in [6.45, 7) is 0. The topological polar surface area (TPSA) is 81.6 Å². The molecule has 2 unspecified atom stereocenters. The Morgan fingerprint density at radius 2 is 1.89 bits per heavy atom. The molecule has 2 aliphatic rings. The van der Waals surface area contributed by atoms with E-state index >= 15 is 0 Å². The number of nitrogens with one attached hydrogen (secondary N) is 2. The van der Waals surface area contributed by atoms with Crippen LogP contribution in [-0.4, -0.2) is 34.2 Å². The van der Waals surface area contributed by atoms with Crippen LogP contribution in [0.4, 0.5) is 0 Å². The lowest BCUT2D eigenvalue weighted by Gasteiger charge is -2.29. The van der Waals surface area contributed by atoms with Gasteiger partial charge in [-0.25, -0.2) is 0 Å². The van der Waals surface area contributed by atoms with Gasteiger partial charge in [0.05, 0.1) is 5.56 Å². The highest BCUT2D eigenvalue weighted by atomic mass is 16.3. The zero-order valence-electron chi connectivity index (χ0n) is 10.6. The molecule has 2 saturated heterocycles. The summed E-state index contributed by atoms with van der Waals surface area (Å²) in [5, 5.41) is 25.6. The van der Waals surface area contributed by atoms with Crippen LogP contribution in [0.1, 0.15) is 36.0 Å². The van der Waals surface area contributed by atoms with Gasteiger partial charge in [0.1, 0.15) is 0 Å². The summed E-state index contributed by atoms with van der Waals surface area (Å²) < 4.78 is 0. The number of phenols is 2. The summed E-state index contributed by atoms with van der Waals surface area (Å²) in [6, 6.07) is 5.57. The molecule has 2 fully saturated rings. The summed E-state index contributed by atoms with van der Waals surface area (Å²) in [5.41, 5.74) is 0.130. The Morgan fingerprint density at radius 1 is 1.21 bits per heavy atom. The van der Waals surface area contributed by atoms with Crippen LogP contribution in [0.2, 0.25) is 0 Å². The van der Waals surface area contributed by atoms with Crippen LogP contribution in [0.5, 0.6) is 11.5 Å². The second-order valence-corrected chi connectivity index (χ2v) is 5.45. The molecular formula is C14H18N2O3. The van der Waals surface area contributed by atoms with Crippen molar-refractivity contribution in [2.24, 2.45) is 0 Å². The predicted molar refractivity (Wildman–Crippen MR) is 70.2 cm³/mol. The molecule has 1 amide bonds. The minimum absolute atomic E-state index is 0.130. The highest BCUT2D eigenvalue weighted by Crippen LogP contribution is 2.30. The molecule has 0 spiro atoms. The second kappa shape index (κ2) is 4.74. The minimum atomic E-state index is -0.350. The van der Waals surface area contributed by atoms with Gasteiger partial charge in [0.15, 0.2) is 11.5 Å². The Kier molecular flexibility index (Phi) is 3.06. The standard InChI is InChI=1S/C14H18N2O3/c17-12-3-1-2-11(13(12)18)14(19)16-10-6-8-4-5-9(7-10)15-8/h1-3,8-10,15,17-18H,4-7H2,(H,16,19). The summed E-state index contributed by atoms with van der Waals surface area (Å²) in [7, 11) is 0. The highest BCUT2D eigenvalue weighted by Gasteiger charge is 2.34. The number of para-hydroxylation sites is 1. The van der Waals surface area contributed by atoms with E-state index in [4.69, 9.17) is 0 Å². The molecule has 5 nitrogen and oxygen atoms in total. The van der Waals surface area contributed by atoms with E-state index in [0.29, 0.717) is 12.1 Å². The van der Waals surface area contributed by atoms with Crippen LogP contribution in [0.15, 0.2) is 18.2 Å². The lowest BCUT2D eigenvalue weighted by atomic mass is 9.99. The van der Waals surface area contributed by atoms with Gasteiger partial charge in [-0.1, -0.05) is 6.07 Å². The van der Waals surface area contributed by atoms with Gasteiger partial charge in [0, 0.05) is 18.1 Å². The van der Waals surface area contributed by atoms with E-state index in [0.717, 1.165) is 12.8 Å². The summed E-state index contributed by atoms with van der Waals surface area (Å²) in [5.74, 6) is -0.936. The molecule has 2 bridgehead atoms. The van der Waals surface area contributed by atoms with Crippen LogP contribution in [0, 0.1) is 0 Å². The number of fused-ring (bicyclic) bond motifs is 2. The molecule has 5 heteroatoms. The van der Waals surface area contributed by atoms with Crippen molar-refractivity contribution in [2.45, 2.75) is 43.8 Å². The number of carbonyl (C=O) groups is 1. The highest BCUT2D eigenvalue weighted by molar-refractivity contribution is 5.97. The van der Waals surface area contributed by atoms with Crippen molar-refractivity contribution in [2.75, 3.05) is 0 Å². The molecule has 0 saturated carbocycles. The van der Waals surface area contributed by atoms with E-state index in [2.05, 4.69) is 10.6 Å². The molecular weight excluding hydrogens is 244 g/mol. The quantitative estimate of drug-likeness (QED) is 0.602. The van der Waals surface area contributed by atoms with Crippen LogP contribution in [0.3, 0.4) is 0 Å². The number of piperidine rings is 1. The first-order valence-corrected chi connectivity index (χ1v) is 6.71. The van der Waals surface area contributed by atoms with Gasteiger partial charge in [-0.3, -0.25) is 4.79 Å². The van der Waals surface area contributed by atoms with E-state index < -0.39 is 0 Å². The number of rotatable bonds is 2. The van der Waals surface area contributed by atoms with Crippen molar-refractivity contribution in [3.8, 4) is 11.5 Å². The molecule has 1 aromatic carbocycles. The molecule has 4 N–H and O–H groups in total. The Morgan fingerprint density at radius 3 is 2.58 bits per heavy atom. The SMILES string of the molecule is O=C(NC1CC2CCC(C1)N2)c1cccc(O)c1O. The number of benzene rings is 1. The number of aromatic hydroxyl groups is 2. The van der Waals surface area contributed by atoms with Crippen LogP contribution >= 0.6 is 0 Å². The van der Waals surface area contributed by atoms with E-state index in [1.165, 1.54) is 25.0 Å². The van der Waals surface area contributed by atoms with Crippen molar-refractivity contribution >= 4 is 5.91 Å². The first kappa shape index (κ1) is 12.3. The molecule has 19 heavy (non-hydrogen) atoms. The van der Waals surface area contributed by atoms with Crippen molar-refractivity contribution in [3.63, 3.8) is 0 Å². The number of carbonyl (C=O) groups excluding carboxylic acids is 1. The molecule has 2 heterocycles. The Bertz CT molecular complexity index is 491. The number of hydrogen-bond acceptors (Lipinski definition) is 4. The number of phenolic OH excluding ortho intramolecular Hbond substituents is 2. The van der Waals surface area contributed by atoms with E-state index in [1.807, 2.05) is 0 Å². The number of hydrogen-bond donors (Lipinski definition) is 4. The Balaban J connectivity index is 1.70. The molecule has 2 atom stereocenters. The van der Waals surface area contributed by atoms with Crippen molar-refractivity contribution in [1.29, 1.82) is 0 Å². The maximum atomic E-state index is 12.1. The van der Waals surface area contributed by atoms with E-state index in [1.54, 1.807) is 6.07 Å². The van der Waals surface area contributed by atoms with Gasteiger partial charge in [-0.2, -0.15) is 0 Å². The second-order valence-electron chi connectivity index (χ2n) is 5.45. The third-order valence-corrected chi connectivity index (χ3v) is 4.07. The smallest absolute Gasteiger partial charge is 0.255 e. The predicted octanol–water partition coefficient (Wildman–Crippen LogP) is 1.11. The minimum Gasteiger partial charge on any atom is -0.504 e. The maximum absolute atomic E-state index is 12.1. The fraction of sp³-hybridized carbons (Fsp3) is 0.500. The molecule has 1 aromatic rings. The largest absolute Gasteiger partial charge is 0.504 e. The zero-order chi connectivity index (χ0) is 13.4. The fourth-order valence-corrected chi connectivity index (χ4v) is 3.15. The fourth-order valence-electron chi connectivity index (χ4n) is 3.15. The van der Waals surface area contributed by atoms with Crippen LogP contribution in [-0.2, 0) is 0 Å². The van der Waals surface area contributed by atoms with E-state index in [9.17, 15) is 15.0 Å². The zero-order valence-corrected chi connectivity index (χ0v) is 10.6. The summed E-state index contributed by atoms with van der Waals surface area (Å²) in [6.07, 6.45) is 4.21. The van der Waals surface area contributed by atoms with E-state index in [-0.39, 0.29) is 29.0 Å². The Hall–Kier alpha value is -1.75. The normalized spacial score (nSPS) is 29.2. The van der Waals surface area contributed by atoms with Gasteiger partial charge in [0.2, 0.25) is 0 Å². The molecule has 0 radical (unpaired) electrons. The average molecular weight is 262 g/mol. The third kappa shape index (κ3) is 2.38. The molecule has 2 aliphatic heterocycles. The third-order valence-electron chi connectivity index (χ3n) is 4.07. The first-order valence-electron chi connectivity index (χ1n) is 6.71. The Labute approximate surface area is 111 Å². The first-order chi connectivity index (χ1) is 9.13. The van der Waals surface area contributed by atoms with Crippen LogP contribution < -0.4 is 10.6 Å². The molecule has 3 rings (SSSR count). The average Bonchev–Trinajstić information content (AvgIpc) is 2.72. The van der Waals surface area contributed by atoms with Gasteiger partial charge in [-0.05, 0) is 37.8 Å². The van der Waals surface area contributed by atoms with Crippen molar-refractivity contribution < 1.29 is 15.0 Å². The monoisotopic (exact) mass is 262 g/mol. The van der Waals surface area contributed by atoms with Crippen molar-refractivity contribution in [1.82, 2.24) is 10.6 Å². The van der Waals surface area contributed by atoms with Gasteiger partial charge < -0.3 is 20.8 Å². The van der Waals surface area contributed by atoms with Gasteiger partial charge >= 0.3 is 0 Å². The van der Waals surface area contributed by atoms with Gasteiger partial charge in [-0.15, -0.1) is 0 Å². The lowest BCUT2D eigenvalue weighted by Crippen LogP contribution is -2.48. The lowest BCUT2D eigenvalue weighted by molar-refractivity contribution is 0.0920.